The summed E-state index contributed by atoms with van der Waals surface area (Å²) in [7, 11) is 0. The SMILES string of the molecule is CC(C)(C)c1cc(CSC2CCCCCCC2)c(O)c(-c2ccccn2)c1. The van der Waals surface area contributed by atoms with Gasteiger partial charge in [-0.1, -0.05) is 65.0 Å². The second-order valence-electron chi connectivity index (χ2n) is 8.77. The molecule has 1 aromatic heterocycles. The Labute approximate surface area is 168 Å². The maximum absolute atomic E-state index is 11.0. The summed E-state index contributed by atoms with van der Waals surface area (Å²) < 4.78 is 0. The summed E-state index contributed by atoms with van der Waals surface area (Å²) in [5, 5.41) is 11.7. The van der Waals surface area contributed by atoms with Crippen molar-refractivity contribution in [3.63, 3.8) is 0 Å². The highest BCUT2D eigenvalue weighted by atomic mass is 32.2. The molecule has 0 radical (unpaired) electrons. The van der Waals surface area contributed by atoms with Gasteiger partial charge in [-0.05, 0) is 42.0 Å². The van der Waals surface area contributed by atoms with Crippen LogP contribution in [0.3, 0.4) is 0 Å². The first-order valence-corrected chi connectivity index (χ1v) is 11.4. The van der Waals surface area contributed by atoms with Crippen LogP contribution in [0.5, 0.6) is 5.75 Å². The first-order valence-electron chi connectivity index (χ1n) is 10.3. The Kier molecular flexibility index (Phi) is 6.86. The third kappa shape index (κ3) is 5.51. The highest BCUT2D eigenvalue weighted by Crippen LogP contribution is 2.39. The summed E-state index contributed by atoms with van der Waals surface area (Å²) in [6, 6.07) is 10.2. The number of rotatable bonds is 4. The van der Waals surface area contributed by atoms with Crippen molar-refractivity contribution in [2.75, 3.05) is 0 Å². The molecule has 27 heavy (non-hydrogen) atoms. The van der Waals surface area contributed by atoms with Gasteiger partial charge in [-0.3, -0.25) is 4.98 Å². The van der Waals surface area contributed by atoms with Crippen LogP contribution >= 0.6 is 11.8 Å². The number of phenolic OH excluding ortho intramolecular Hbond substituents is 1. The molecule has 1 aromatic carbocycles. The Balaban J connectivity index is 1.87. The summed E-state index contributed by atoms with van der Waals surface area (Å²) in [4.78, 5) is 4.48. The number of hydrogen-bond donors (Lipinski definition) is 1. The molecule has 1 fully saturated rings. The number of phenols is 1. The molecule has 0 bridgehead atoms. The molecule has 1 heterocycles. The van der Waals surface area contributed by atoms with Gasteiger partial charge < -0.3 is 5.11 Å². The van der Waals surface area contributed by atoms with E-state index < -0.39 is 0 Å². The van der Waals surface area contributed by atoms with Gasteiger partial charge >= 0.3 is 0 Å². The fourth-order valence-electron chi connectivity index (χ4n) is 3.75. The van der Waals surface area contributed by atoms with Gasteiger partial charge in [0, 0.05) is 28.3 Å². The minimum Gasteiger partial charge on any atom is -0.507 e. The number of hydrogen-bond acceptors (Lipinski definition) is 3. The van der Waals surface area contributed by atoms with Crippen LogP contribution in [0.4, 0.5) is 0 Å². The average molecular weight is 384 g/mol. The van der Waals surface area contributed by atoms with Crippen LogP contribution in [0.2, 0.25) is 0 Å². The Morgan fingerprint density at radius 3 is 2.37 bits per heavy atom. The van der Waals surface area contributed by atoms with Gasteiger partial charge in [0.1, 0.15) is 5.75 Å². The molecule has 146 valence electrons. The van der Waals surface area contributed by atoms with Gasteiger partial charge in [0.25, 0.3) is 0 Å². The molecule has 0 atom stereocenters. The summed E-state index contributed by atoms with van der Waals surface area (Å²) in [5.74, 6) is 1.28. The third-order valence-corrected chi connectivity index (χ3v) is 6.94. The van der Waals surface area contributed by atoms with Gasteiger partial charge in [-0.2, -0.15) is 11.8 Å². The first kappa shape index (κ1) is 20.3. The zero-order chi connectivity index (χ0) is 19.3. The molecule has 2 aromatic rings. The molecule has 2 nitrogen and oxygen atoms in total. The first-order chi connectivity index (χ1) is 12.9. The molecule has 1 saturated carbocycles. The lowest BCUT2D eigenvalue weighted by atomic mass is 9.84. The molecular weight excluding hydrogens is 350 g/mol. The monoisotopic (exact) mass is 383 g/mol. The fourth-order valence-corrected chi connectivity index (χ4v) is 5.05. The maximum atomic E-state index is 11.0. The molecule has 3 heteroatoms. The summed E-state index contributed by atoms with van der Waals surface area (Å²) >= 11 is 2.03. The number of aromatic hydroxyl groups is 1. The maximum Gasteiger partial charge on any atom is 0.129 e. The zero-order valence-corrected chi connectivity index (χ0v) is 17.8. The van der Waals surface area contributed by atoms with E-state index in [0.717, 1.165) is 27.8 Å². The molecule has 0 spiro atoms. The predicted octanol–water partition coefficient (Wildman–Crippen LogP) is 7.10. The van der Waals surface area contributed by atoms with Gasteiger partial charge in [-0.15, -0.1) is 0 Å². The van der Waals surface area contributed by atoms with Crippen LogP contribution in [0.1, 0.15) is 76.8 Å². The molecule has 0 amide bonds. The quantitative estimate of drug-likeness (QED) is 0.611. The van der Waals surface area contributed by atoms with Gasteiger partial charge in [0.15, 0.2) is 0 Å². The lowest BCUT2D eigenvalue weighted by molar-refractivity contribution is 0.471. The Morgan fingerprint density at radius 1 is 1.04 bits per heavy atom. The zero-order valence-electron chi connectivity index (χ0n) is 17.0. The number of aromatic nitrogens is 1. The largest absolute Gasteiger partial charge is 0.507 e. The normalized spacial score (nSPS) is 16.7. The topological polar surface area (TPSA) is 33.1 Å². The Morgan fingerprint density at radius 2 is 1.74 bits per heavy atom. The average Bonchev–Trinajstić information content (AvgIpc) is 2.61. The van der Waals surface area contributed by atoms with Crippen molar-refractivity contribution in [1.29, 1.82) is 0 Å². The molecule has 1 aliphatic rings. The molecule has 0 aliphatic heterocycles. The molecular formula is C24H33NOS. The minimum absolute atomic E-state index is 0.0386. The van der Waals surface area contributed by atoms with Crippen molar-refractivity contribution in [2.45, 2.75) is 82.1 Å². The predicted molar refractivity (Wildman–Crippen MR) is 117 cm³/mol. The van der Waals surface area contributed by atoms with E-state index >= 15 is 0 Å². The van der Waals surface area contributed by atoms with Crippen molar-refractivity contribution < 1.29 is 5.11 Å². The van der Waals surface area contributed by atoms with E-state index in [2.05, 4.69) is 37.9 Å². The number of benzene rings is 1. The molecule has 3 rings (SSSR count). The van der Waals surface area contributed by atoms with Crippen molar-refractivity contribution in [3.8, 4) is 17.0 Å². The van der Waals surface area contributed by atoms with Gasteiger partial charge in [0.2, 0.25) is 0 Å². The van der Waals surface area contributed by atoms with Crippen LogP contribution in [-0.4, -0.2) is 15.3 Å². The highest BCUT2D eigenvalue weighted by Gasteiger charge is 2.21. The number of nitrogens with zero attached hydrogens (tertiary/aromatic N) is 1. The fraction of sp³-hybridized carbons (Fsp3) is 0.542. The van der Waals surface area contributed by atoms with Crippen LogP contribution in [0, 0.1) is 0 Å². The van der Waals surface area contributed by atoms with E-state index in [-0.39, 0.29) is 5.41 Å². The van der Waals surface area contributed by atoms with Crippen LogP contribution < -0.4 is 0 Å². The van der Waals surface area contributed by atoms with Crippen molar-refractivity contribution in [2.24, 2.45) is 0 Å². The lowest BCUT2D eigenvalue weighted by Gasteiger charge is -2.23. The van der Waals surface area contributed by atoms with Gasteiger partial charge in [0.05, 0.1) is 5.69 Å². The minimum atomic E-state index is 0.0386. The van der Waals surface area contributed by atoms with E-state index in [1.54, 1.807) is 6.20 Å². The summed E-state index contributed by atoms with van der Waals surface area (Å²) in [5.41, 5.74) is 4.05. The number of thioether (sulfide) groups is 1. The van der Waals surface area contributed by atoms with E-state index in [4.69, 9.17) is 0 Å². The van der Waals surface area contributed by atoms with E-state index in [1.165, 1.54) is 50.5 Å². The van der Waals surface area contributed by atoms with E-state index in [1.807, 2.05) is 30.0 Å². The van der Waals surface area contributed by atoms with Crippen molar-refractivity contribution >= 4 is 11.8 Å². The second kappa shape index (κ2) is 9.14. The number of pyridine rings is 1. The molecule has 0 unspecified atom stereocenters. The van der Waals surface area contributed by atoms with E-state index in [0.29, 0.717) is 5.75 Å². The Hall–Kier alpha value is -1.48. The Bertz CT molecular complexity index is 728. The lowest BCUT2D eigenvalue weighted by Crippen LogP contribution is -2.12. The van der Waals surface area contributed by atoms with Crippen molar-refractivity contribution in [3.05, 3.63) is 47.7 Å². The summed E-state index contributed by atoms with van der Waals surface area (Å²) in [6.45, 7) is 6.69. The van der Waals surface area contributed by atoms with Crippen LogP contribution in [-0.2, 0) is 11.2 Å². The highest BCUT2D eigenvalue weighted by molar-refractivity contribution is 7.99. The van der Waals surface area contributed by atoms with Crippen LogP contribution in [0.25, 0.3) is 11.3 Å². The standard InChI is InChI=1S/C24H33NOS/c1-24(2,3)19-15-18(17-27-20-11-7-5-4-6-8-12-20)23(26)21(16-19)22-13-9-10-14-25-22/h9-10,13-16,20,26H,4-8,11-12,17H2,1-3H3. The molecule has 0 saturated heterocycles. The van der Waals surface area contributed by atoms with Gasteiger partial charge in [-0.25, -0.2) is 0 Å². The van der Waals surface area contributed by atoms with Crippen molar-refractivity contribution in [1.82, 2.24) is 4.98 Å². The smallest absolute Gasteiger partial charge is 0.129 e. The van der Waals surface area contributed by atoms with Crippen LogP contribution in [0.15, 0.2) is 36.5 Å². The second-order valence-corrected chi connectivity index (χ2v) is 10.1. The third-order valence-electron chi connectivity index (χ3n) is 5.52. The van der Waals surface area contributed by atoms with E-state index in [9.17, 15) is 5.11 Å². The molecule has 1 aliphatic carbocycles. The molecule has 1 N–H and O–H groups in total. The summed E-state index contributed by atoms with van der Waals surface area (Å²) in [6.07, 6.45) is 11.3.